The summed E-state index contributed by atoms with van der Waals surface area (Å²) in [6.45, 7) is 3.54. The number of nitroso groups, excluding NO2 is 1. The molecule has 0 aromatic carbocycles. The number of alkyl halides is 1. The summed E-state index contributed by atoms with van der Waals surface area (Å²) in [6, 6.07) is -0.770. The van der Waals surface area contributed by atoms with Crippen molar-refractivity contribution in [2.45, 2.75) is 57.3 Å². The van der Waals surface area contributed by atoms with Gasteiger partial charge in [0.2, 0.25) is 0 Å². The fourth-order valence-electron chi connectivity index (χ4n) is 2.35. The molecule has 5 atom stereocenters. The Kier molecular flexibility index (Phi) is 8.13. The SMILES string of the molecule is CCCCN(C(=O)N(CCCl)N=O)C1O[C@@H](C)[C@H](O)[C@@H](O)[C@H]1O. The van der Waals surface area contributed by atoms with Crippen LogP contribution in [0.15, 0.2) is 5.29 Å². The second-order valence-corrected chi connectivity index (χ2v) is 5.80. The van der Waals surface area contributed by atoms with E-state index in [0.717, 1.165) is 11.3 Å². The lowest BCUT2D eigenvalue weighted by atomic mass is 9.98. The van der Waals surface area contributed by atoms with Gasteiger partial charge in [-0.1, -0.05) is 13.3 Å². The van der Waals surface area contributed by atoms with Crippen LogP contribution < -0.4 is 0 Å². The zero-order chi connectivity index (χ0) is 17.6. The van der Waals surface area contributed by atoms with Crippen molar-refractivity contribution in [2.24, 2.45) is 5.29 Å². The summed E-state index contributed by atoms with van der Waals surface area (Å²) >= 11 is 5.54. The van der Waals surface area contributed by atoms with Crippen LogP contribution in [0.25, 0.3) is 0 Å². The molecule has 1 unspecified atom stereocenters. The number of carbonyl (C=O) groups excluding carboxylic acids is 1. The first-order chi connectivity index (χ1) is 10.9. The average Bonchev–Trinajstić information content (AvgIpc) is 2.55. The summed E-state index contributed by atoms with van der Waals surface area (Å²) in [7, 11) is 0. The molecule has 0 spiro atoms. The number of hydrogen-bond donors (Lipinski definition) is 3. The second-order valence-electron chi connectivity index (χ2n) is 5.43. The smallest absolute Gasteiger partial charge is 0.345 e. The summed E-state index contributed by atoms with van der Waals surface area (Å²) in [5.41, 5.74) is 0. The van der Waals surface area contributed by atoms with Crippen molar-refractivity contribution in [3.05, 3.63) is 4.91 Å². The van der Waals surface area contributed by atoms with Gasteiger partial charge >= 0.3 is 6.03 Å². The first-order valence-corrected chi connectivity index (χ1v) is 8.09. The van der Waals surface area contributed by atoms with E-state index >= 15 is 0 Å². The van der Waals surface area contributed by atoms with Gasteiger partial charge in [0.05, 0.1) is 17.9 Å². The van der Waals surface area contributed by atoms with Crippen LogP contribution in [0, 0.1) is 4.91 Å². The highest BCUT2D eigenvalue weighted by molar-refractivity contribution is 6.18. The largest absolute Gasteiger partial charge is 0.388 e. The van der Waals surface area contributed by atoms with Crippen LogP contribution in [0.2, 0.25) is 0 Å². The Morgan fingerprint density at radius 1 is 1.22 bits per heavy atom. The molecule has 1 heterocycles. The van der Waals surface area contributed by atoms with E-state index < -0.39 is 36.7 Å². The molecule has 3 N–H and O–H groups in total. The highest BCUT2D eigenvalue weighted by atomic mass is 35.5. The predicted molar refractivity (Wildman–Crippen MR) is 82.6 cm³/mol. The van der Waals surface area contributed by atoms with E-state index in [1.165, 1.54) is 6.92 Å². The van der Waals surface area contributed by atoms with Crippen molar-refractivity contribution >= 4 is 17.6 Å². The number of carbonyl (C=O) groups is 1. The molecule has 1 saturated heterocycles. The Balaban J connectivity index is 2.99. The number of amides is 2. The summed E-state index contributed by atoms with van der Waals surface area (Å²) in [4.78, 5) is 24.4. The number of unbranched alkanes of at least 4 members (excludes halogenated alkanes) is 1. The van der Waals surface area contributed by atoms with E-state index in [4.69, 9.17) is 16.3 Å². The lowest BCUT2D eigenvalue weighted by Gasteiger charge is -2.44. The maximum atomic E-state index is 12.5. The van der Waals surface area contributed by atoms with Crippen LogP contribution in [0.4, 0.5) is 4.79 Å². The van der Waals surface area contributed by atoms with Gasteiger partial charge in [-0.05, 0) is 13.3 Å². The van der Waals surface area contributed by atoms with Gasteiger partial charge in [0, 0.05) is 12.4 Å². The Labute approximate surface area is 139 Å². The Hall–Kier alpha value is -1.00. The van der Waals surface area contributed by atoms with Crippen LogP contribution in [0.5, 0.6) is 0 Å². The number of ether oxygens (including phenoxy) is 1. The third kappa shape index (κ3) is 4.74. The zero-order valence-corrected chi connectivity index (χ0v) is 14.0. The van der Waals surface area contributed by atoms with Crippen LogP contribution in [-0.4, -0.2) is 80.9 Å². The molecule has 1 fully saturated rings. The van der Waals surface area contributed by atoms with E-state index in [1.54, 1.807) is 0 Å². The van der Waals surface area contributed by atoms with Crippen molar-refractivity contribution in [2.75, 3.05) is 19.0 Å². The molecule has 23 heavy (non-hydrogen) atoms. The van der Waals surface area contributed by atoms with Crippen molar-refractivity contribution in [1.82, 2.24) is 9.91 Å². The van der Waals surface area contributed by atoms with Crippen molar-refractivity contribution < 1.29 is 24.9 Å². The zero-order valence-electron chi connectivity index (χ0n) is 13.2. The van der Waals surface area contributed by atoms with Gasteiger partial charge in [-0.3, -0.25) is 4.90 Å². The van der Waals surface area contributed by atoms with E-state index in [-0.39, 0.29) is 19.0 Å². The highest BCUT2D eigenvalue weighted by Crippen LogP contribution is 2.25. The number of urea groups is 1. The number of rotatable bonds is 7. The van der Waals surface area contributed by atoms with Crippen LogP contribution >= 0.6 is 11.6 Å². The average molecular weight is 354 g/mol. The molecule has 0 aliphatic carbocycles. The number of aliphatic hydroxyl groups is 3. The molecule has 2 amide bonds. The van der Waals surface area contributed by atoms with Gasteiger partial charge in [-0.15, -0.1) is 16.5 Å². The molecule has 0 bridgehead atoms. The molecule has 0 radical (unpaired) electrons. The van der Waals surface area contributed by atoms with E-state index in [2.05, 4.69) is 5.29 Å². The third-order valence-corrected chi connectivity index (χ3v) is 3.92. The molecule has 0 aromatic heterocycles. The van der Waals surface area contributed by atoms with Gasteiger partial charge in [0.25, 0.3) is 0 Å². The minimum Gasteiger partial charge on any atom is -0.388 e. The first kappa shape index (κ1) is 20.0. The minimum absolute atomic E-state index is 0.0188. The molecule has 1 aliphatic heterocycles. The highest BCUT2D eigenvalue weighted by Gasteiger charge is 2.46. The van der Waals surface area contributed by atoms with E-state index in [9.17, 15) is 25.0 Å². The minimum atomic E-state index is -1.51. The summed E-state index contributed by atoms with van der Waals surface area (Å²) in [6.07, 6.45) is -4.87. The monoisotopic (exact) mass is 353 g/mol. The van der Waals surface area contributed by atoms with E-state index in [0.29, 0.717) is 11.4 Å². The van der Waals surface area contributed by atoms with Crippen molar-refractivity contribution in [3.8, 4) is 0 Å². The van der Waals surface area contributed by atoms with Crippen molar-refractivity contribution in [1.29, 1.82) is 0 Å². The third-order valence-electron chi connectivity index (χ3n) is 3.75. The molecule has 0 aromatic rings. The van der Waals surface area contributed by atoms with Gasteiger partial charge in [0.15, 0.2) is 6.23 Å². The standard InChI is InChI=1S/C13H24ClN3O6/c1-3-4-6-16(13(21)17(15-22)7-5-14)12-11(20)10(19)9(18)8(2)23-12/h8-12,18-20H,3-7H2,1-2H3/t8-,9-,10+,11+,12?/m0/s1. The Bertz CT molecular complexity index is 402. The number of halogens is 1. The summed E-state index contributed by atoms with van der Waals surface area (Å²) in [5, 5.41) is 33.1. The van der Waals surface area contributed by atoms with E-state index in [1.807, 2.05) is 6.92 Å². The maximum absolute atomic E-state index is 12.5. The molecule has 9 nitrogen and oxygen atoms in total. The molecule has 134 valence electrons. The number of aliphatic hydroxyl groups excluding tert-OH is 3. The summed E-state index contributed by atoms with van der Waals surface area (Å²) < 4.78 is 5.48. The number of hydrogen-bond acceptors (Lipinski definition) is 7. The van der Waals surface area contributed by atoms with Gasteiger partial charge in [0.1, 0.15) is 18.3 Å². The second kappa shape index (κ2) is 9.33. The van der Waals surface area contributed by atoms with Crippen LogP contribution in [0.3, 0.4) is 0 Å². The molecule has 0 saturated carbocycles. The first-order valence-electron chi connectivity index (χ1n) is 7.56. The fourth-order valence-corrected chi connectivity index (χ4v) is 2.51. The maximum Gasteiger partial charge on any atom is 0.345 e. The number of nitrogens with zero attached hydrogens (tertiary/aromatic N) is 3. The van der Waals surface area contributed by atoms with Gasteiger partial charge in [-0.25, -0.2) is 4.79 Å². The lowest BCUT2D eigenvalue weighted by molar-refractivity contribution is -0.248. The fraction of sp³-hybridized carbons (Fsp3) is 0.923. The molecule has 1 aliphatic rings. The van der Waals surface area contributed by atoms with Gasteiger partial charge < -0.3 is 20.1 Å². The topological polar surface area (TPSA) is 123 Å². The predicted octanol–water partition coefficient (Wildman–Crippen LogP) is 0.258. The molecule has 1 rings (SSSR count). The quantitative estimate of drug-likeness (QED) is 0.343. The molecular formula is C13H24ClN3O6. The Morgan fingerprint density at radius 2 is 1.87 bits per heavy atom. The summed E-state index contributed by atoms with van der Waals surface area (Å²) in [5.74, 6) is 0.0188. The lowest BCUT2D eigenvalue weighted by Crippen LogP contribution is -2.64. The van der Waals surface area contributed by atoms with Gasteiger partial charge in [-0.2, -0.15) is 5.01 Å². The Morgan fingerprint density at radius 3 is 2.39 bits per heavy atom. The van der Waals surface area contributed by atoms with Crippen LogP contribution in [0.1, 0.15) is 26.7 Å². The van der Waals surface area contributed by atoms with Crippen LogP contribution in [-0.2, 0) is 4.74 Å². The molecule has 10 heteroatoms. The van der Waals surface area contributed by atoms with Crippen molar-refractivity contribution in [3.63, 3.8) is 0 Å². The molecular weight excluding hydrogens is 330 g/mol. The normalized spacial score (nSPS) is 30.8.